The summed E-state index contributed by atoms with van der Waals surface area (Å²) in [5, 5.41) is 19.9. The summed E-state index contributed by atoms with van der Waals surface area (Å²) < 4.78 is 6.10. The van der Waals surface area contributed by atoms with Crippen LogP contribution in [0, 0.1) is 0 Å². The molecule has 5 nitrogen and oxygen atoms in total. The standard InChI is InChI=1S/C17H37NO4Si/c1-13(18(15(20)21)16(2,3)4)14(19)11-10-12-22-23(8,9)17(5,6)7/h13-14,19H,10-12H2,1-9H3,(H,20,21)/t13-,14?/m0/s1. The van der Waals surface area contributed by atoms with Crippen molar-refractivity contribution in [2.45, 2.75) is 97.1 Å². The summed E-state index contributed by atoms with van der Waals surface area (Å²) in [5.74, 6) is 0. The predicted molar refractivity (Wildman–Crippen MR) is 97.5 cm³/mol. The monoisotopic (exact) mass is 347 g/mol. The molecular formula is C17H37NO4Si. The van der Waals surface area contributed by atoms with Crippen LogP contribution in [0.1, 0.15) is 61.3 Å². The number of carboxylic acid groups (broad SMARTS) is 1. The average Bonchev–Trinajstić information content (AvgIpc) is 2.30. The maximum absolute atomic E-state index is 11.5. The van der Waals surface area contributed by atoms with Gasteiger partial charge in [0.2, 0.25) is 0 Å². The molecule has 2 N–H and O–H groups in total. The lowest BCUT2D eigenvalue weighted by Gasteiger charge is -2.40. The van der Waals surface area contributed by atoms with Gasteiger partial charge in [-0.2, -0.15) is 0 Å². The van der Waals surface area contributed by atoms with Gasteiger partial charge < -0.3 is 14.6 Å². The first-order chi connectivity index (χ1) is 10.1. The zero-order chi connectivity index (χ0) is 18.6. The minimum absolute atomic E-state index is 0.172. The lowest BCUT2D eigenvalue weighted by atomic mass is 9.99. The molecule has 0 fully saturated rings. The van der Waals surface area contributed by atoms with Gasteiger partial charge >= 0.3 is 6.09 Å². The summed E-state index contributed by atoms with van der Waals surface area (Å²) >= 11 is 0. The Morgan fingerprint density at radius 2 is 1.65 bits per heavy atom. The van der Waals surface area contributed by atoms with Crippen molar-refractivity contribution in [3.8, 4) is 0 Å². The number of hydrogen-bond donors (Lipinski definition) is 2. The summed E-state index contributed by atoms with van der Waals surface area (Å²) in [4.78, 5) is 12.8. The van der Waals surface area contributed by atoms with E-state index in [4.69, 9.17) is 4.43 Å². The molecule has 23 heavy (non-hydrogen) atoms. The number of rotatable bonds is 7. The van der Waals surface area contributed by atoms with Crippen LogP contribution in [0.15, 0.2) is 0 Å². The predicted octanol–water partition coefficient (Wildman–Crippen LogP) is 4.32. The summed E-state index contributed by atoms with van der Waals surface area (Å²) in [5.41, 5.74) is -0.538. The molecule has 0 saturated heterocycles. The Bertz CT molecular complexity index is 385. The molecule has 0 aromatic rings. The summed E-state index contributed by atoms with van der Waals surface area (Å²) in [6, 6.07) is -0.444. The van der Waals surface area contributed by atoms with E-state index in [9.17, 15) is 15.0 Å². The number of aliphatic hydroxyl groups is 1. The van der Waals surface area contributed by atoms with Crippen molar-refractivity contribution in [3.05, 3.63) is 0 Å². The highest BCUT2D eigenvalue weighted by Crippen LogP contribution is 2.36. The first-order valence-corrected chi connectivity index (χ1v) is 11.4. The number of aliphatic hydroxyl groups excluding tert-OH is 1. The van der Waals surface area contributed by atoms with E-state index < -0.39 is 32.1 Å². The molecule has 0 bridgehead atoms. The van der Waals surface area contributed by atoms with Gasteiger partial charge in [-0.3, -0.25) is 4.90 Å². The Labute approximate surface area is 143 Å². The van der Waals surface area contributed by atoms with Gasteiger partial charge in [-0.25, -0.2) is 4.79 Å². The third kappa shape index (κ3) is 6.81. The molecule has 138 valence electrons. The minimum Gasteiger partial charge on any atom is -0.465 e. The van der Waals surface area contributed by atoms with E-state index in [1.165, 1.54) is 4.90 Å². The molecular weight excluding hydrogens is 310 g/mol. The molecule has 0 aliphatic heterocycles. The molecule has 1 amide bonds. The van der Waals surface area contributed by atoms with Crippen molar-refractivity contribution in [1.29, 1.82) is 0 Å². The molecule has 0 spiro atoms. The highest BCUT2D eigenvalue weighted by atomic mass is 28.4. The maximum Gasteiger partial charge on any atom is 0.408 e. The van der Waals surface area contributed by atoms with Crippen molar-refractivity contribution in [3.63, 3.8) is 0 Å². The Balaban J connectivity index is 4.50. The molecule has 0 aliphatic carbocycles. The van der Waals surface area contributed by atoms with Crippen LogP contribution in [0.5, 0.6) is 0 Å². The topological polar surface area (TPSA) is 70.0 Å². The Morgan fingerprint density at radius 3 is 2.00 bits per heavy atom. The van der Waals surface area contributed by atoms with Gasteiger partial charge in [0.15, 0.2) is 8.32 Å². The SMILES string of the molecule is C[C@@H](C(O)CCCO[Si](C)(C)C(C)(C)C)N(C(=O)O)C(C)(C)C. The number of amides is 1. The quantitative estimate of drug-likeness (QED) is 0.531. The van der Waals surface area contributed by atoms with E-state index >= 15 is 0 Å². The molecule has 0 aliphatic rings. The fourth-order valence-electron chi connectivity index (χ4n) is 2.32. The van der Waals surface area contributed by atoms with Crippen LogP contribution in [-0.2, 0) is 4.43 Å². The minimum atomic E-state index is -1.76. The van der Waals surface area contributed by atoms with E-state index in [2.05, 4.69) is 33.9 Å². The fourth-order valence-corrected chi connectivity index (χ4v) is 3.41. The highest BCUT2D eigenvalue weighted by molar-refractivity contribution is 6.74. The van der Waals surface area contributed by atoms with E-state index in [0.717, 1.165) is 6.42 Å². The molecule has 0 heterocycles. The van der Waals surface area contributed by atoms with Crippen LogP contribution >= 0.6 is 0 Å². The van der Waals surface area contributed by atoms with Crippen molar-refractivity contribution >= 4 is 14.4 Å². The van der Waals surface area contributed by atoms with E-state index in [0.29, 0.717) is 13.0 Å². The van der Waals surface area contributed by atoms with Gasteiger partial charge in [-0.05, 0) is 58.7 Å². The largest absolute Gasteiger partial charge is 0.465 e. The number of nitrogens with zero attached hydrogens (tertiary/aromatic N) is 1. The zero-order valence-corrected chi connectivity index (χ0v) is 17.4. The van der Waals surface area contributed by atoms with E-state index in [1.807, 2.05) is 20.8 Å². The lowest BCUT2D eigenvalue weighted by molar-refractivity contribution is 0.00968. The van der Waals surface area contributed by atoms with Crippen LogP contribution in [0.2, 0.25) is 18.1 Å². The summed E-state index contributed by atoms with van der Waals surface area (Å²) in [6.45, 7) is 18.9. The van der Waals surface area contributed by atoms with Gasteiger partial charge in [-0.15, -0.1) is 0 Å². The van der Waals surface area contributed by atoms with Crippen LogP contribution < -0.4 is 0 Å². The first kappa shape index (κ1) is 22.4. The highest BCUT2D eigenvalue weighted by Gasteiger charge is 2.37. The average molecular weight is 348 g/mol. The zero-order valence-electron chi connectivity index (χ0n) is 16.4. The Hall–Kier alpha value is -0.593. The Kier molecular flexibility index (Phi) is 7.78. The molecule has 1 unspecified atom stereocenters. The third-order valence-corrected chi connectivity index (χ3v) is 9.34. The van der Waals surface area contributed by atoms with Gasteiger partial charge in [0.1, 0.15) is 0 Å². The third-order valence-electron chi connectivity index (χ3n) is 4.81. The molecule has 0 radical (unpaired) electrons. The number of carbonyl (C=O) groups is 1. The van der Waals surface area contributed by atoms with Gasteiger partial charge in [0.05, 0.1) is 12.1 Å². The molecule has 0 saturated carbocycles. The Morgan fingerprint density at radius 1 is 1.17 bits per heavy atom. The van der Waals surface area contributed by atoms with Crippen molar-refractivity contribution in [2.24, 2.45) is 0 Å². The molecule has 6 heteroatoms. The fraction of sp³-hybridized carbons (Fsp3) is 0.941. The summed E-state index contributed by atoms with van der Waals surface area (Å²) in [7, 11) is -1.76. The second-order valence-electron chi connectivity index (χ2n) is 8.88. The van der Waals surface area contributed by atoms with Crippen LogP contribution in [0.3, 0.4) is 0 Å². The first-order valence-electron chi connectivity index (χ1n) is 8.45. The molecule has 2 atom stereocenters. The second-order valence-corrected chi connectivity index (χ2v) is 13.7. The van der Waals surface area contributed by atoms with E-state index in [1.54, 1.807) is 6.92 Å². The van der Waals surface area contributed by atoms with Gasteiger partial charge in [-0.1, -0.05) is 20.8 Å². The van der Waals surface area contributed by atoms with Crippen LogP contribution in [0.25, 0.3) is 0 Å². The van der Waals surface area contributed by atoms with Crippen LogP contribution in [0.4, 0.5) is 4.79 Å². The van der Waals surface area contributed by atoms with Gasteiger partial charge in [0.25, 0.3) is 0 Å². The van der Waals surface area contributed by atoms with Crippen molar-refractivity contribution in [2.75, 3.05) is 6.61 Å². The molecule has 0 aromatic heterocycles. The van der Waals surface area contributed by atoms with Crippen molar-refractivity contribution in [1.82, 2.24) is 4.90 Å². The maximum atomic E-state index is 11.5. The second kappa shape index (κ2) is 7.99. The normalized spacial score (nSPS) is 16.1. The van der Waals surface area contributed by atoms with E-state index in [-0.39, 0.29) is 5.04 Å². The summed E-state index contributed by atoms with van der Waals surface area (Å²) in [6.07, 6.45) is -0.416. The van der Waals surface area contributed by atoms with Crippen LogP contribution in [-0.4, -0.2) is 53.8 Å². The number of hydrogen-bond acceptors (Lipinski definition) is 3. The smallest absolute Gasteiger partial charge is 0.408 e. The molecule has 0 aromatic carbocycles. The molecule has 0 rings (SSSR count). The lowest BCUT2D eigenvalue weighted by Crippen LogP contribution is -2.54. The van der Waals surface area contributed by atoms with Crippen molar-refractivity contribution < 1.29 is 19.4 Å². The van der Waals surface area contributed by atoms with Gasteiger partial charge in [0, 0.05) is 12.1 Å².